The first-order valence-corrected chi connectivity index (χ1v) is 11.0. The Morgan fingerprint density at radius 2 is 1.62 bits per heavy atom. The summed E-state index contributed by atoms with van der Waals surface area (Å²) in [7, 11) is -4.33. The van der Waals surface area contributed by atoms with Crippen molar-refractivity contribution in [2.45, 2.75) is 4.90 Å². The average Bonchev–Trinajstić information content (AvgIpc) is 2.44. The smallest absolute Gasteiger partial charge is 0.336 e. The SMILES string of the molecule is O=C(/C=C/c1ccccc1I)Oc1cc(I)c(S(=O)(=O)O)c(I)c1. The van der Waals surface area contributed by atoms with Crippen LogP contribution in [0.15, 0.2) is 47.4 Å². The fraction of sp³-hybridized carbons (Fsp3) is 0. The minimum atomic E-state index is -4.33. The molecular weight excluding hydrogens is 673 g/mol. The predicted octanol–water partition coefficient (Wildman–Crippen LogP) is 4.37. The Morgan fingerprint density at radius 3 is 2.17 bits per heavy atom. The summed E-state index contributed by atoms with van der Waals surface area (Å²) in [6.07, 6.45) is 2.94. The first-order chi connectivity index (χ1) is 11.2. The molecule has 0 aliphatic carbocycles. The Kier molecular flexibility index (Phi) is 7.04. The lowest BCUT2D eigenvalue weighted by molar-refractivity contribution is -0.128. The number of hydrogen-bond acceptors (Lipinski definition) is 4. The Balaban J connectivity index is 2.20. The zero-order valence-electron chi connectivity index (χ0n) is 11.7. The quantitative estimate of drug-likeness (QED) is 0.171. The molecule has 0 bridgehead atoms. The van der Waals surface area contributed by atoms with Gasteiger partial charge in [-0.25, -0.2) is 4.79 Å². The van der Waals surface area contributed by atoms with Gasteiger partial charge in [0.05, 0.1) is 0 Å². The highest BCUT2D eigenvalue weighted by molar-refractivity contribution is 14.1. The highest BCUT2D eigenvalue weighted by Crippen LogP contribution is 2.29. The molecule has 24 heavy (non-hydrogen) atoms. The van der Waals surface area contributed by atoms with Crippen molar-refractivity contribution >= 4 is 89.9 Å². The maximum atomic E-state index is 11.9. The van der Waals surface area contributed by atoms with Crippen LogP contribution in [-0.2, 0) is 14.9 Å². The molecule has 5 nitrogen and oxygen atoms in total. The molecule has 2 aromatic carbocycles. The highest BCUT2D eigenvalue weighted by Gasteiger charge is 2.20. The lowest BCUT2D eigenvalue weighted by Crippen LogP contribution is -2.07. The van der Waals surface area contributed by atoms with E-state index in [0.29, 0.717) is 0 Å². The van der Waals surface area contributed by atoms with Crippen LogP contribution >= 0.6 is 67.8 Å². The standard InChI is InChI=1S/C15H9I3O5S/c16-11-4-2-1-3-9(11)5-6-14(19)23-10-7-12(17)15(13(18)8-10)24(20,21)22/h1-8H,(H,20,21,22)/b6-5+. The van der Waals surface area contributed by atoms with Crippen LogP contribution in [0.3, 0.4) is 0 Å². The fourth-order valence-electron chi connectivity index (χ4n) is 1.76. The number of hydrogen-bond donors (Lipinski definition) is 1. The van der Waals surface area contributed by atoms with Crippen LogP contribution in [0.2, 0.25) is 0 Å². The first kappa shape index (κ1) is 20.1. The van der Waals surface area contributed by atoms with Crippen LogP contribution in [0, 0.1) is 10.7 Å². The van der Waals surface area contributed by atoms with Gasteiger partial charge in [-0.1, -0.05) is 18.2 Å². The van der Waals surface area contributed by atoms with Gasteiger partial charge in [0.1, 0.15) is 10.6 Å². The Hall–Kier alpha value is -0.250. The molecule has 2 aromatic rings. The molecule has 126 valence electrons. The summed E-state index contributed by atoms with van der Waals surface area (Å²) in [5.41, 5.74) is 0.890. The lowest BCUT2D eigenvalue weighted by atomic mass is 10.2. The van der Waals surface area contributed by atoms with Crippen LogP contribution in [-0.4, -0.2) is 18.9 Å². The number of ether oxygens (including phenoxy) is 1. The molecule has 0 atom stereocenters. The summed E-state index contributed by atoms with van der Waals surface area (Å²) in [6, 6.07) is 10.3. The van der Waals surface area contributed by atoms with Crippen molar-refractivity contribution in [1.82, 2.24) is 0 Å². The maximum Gasteiger partial charge on any atom is 0.336 e. The second-order valence-electron chi connectivity index (χ2n) is 4.47. The number of carbonyl (C=O) groups excluding carboxylic acids is 1. The average molecular weight is 682 g/mol. The molecule has 9 heteroatoms. The van der Waals surface area contributed by atoms with Gasteiger partial charge in [0, 0.05) is 16.8 Å². The minimum Gasteiger partial charge on any atom is -0.423 e. The van der Waals surface area contributed by atoms with Crippen molar-refractivity contribution in [1.29, 1.82) is 0 Å². The lowest BCUT2D eigenvalue weighted by Gasteiger charge is -2.08. The zero-order chi connectivity index (χ0) is 17.9. The van der Waals surface area contributed by atoms with Crippen molar-refractivity contribution in [3.8, 4) is 5.75 Å². The second kappa shape index (κ2) is 8.42. The van der Waals surface area contributed by atoms with Crippen molar-refractivity contribution in [2.75, 3.05) is 0 Å². The Morgan fingerprint density at radius 1 is 1.04 bits per heavy atom. The topological polar surface area (TPSA) is 80.7 Å². The van der Waals surface area contributed by atoms with Gasteiger partial charge in [0.2, 0.25) is 0 Å². The van der Waals surface area contributed by atoms with E-state index in [0.717, 1.165) is 9.13 Å². The van der Waals surface area contributed by atoms with Crippen molar-refractivity contribution in [2.24, 2.45) is 0 Å². The Labute approximate surface area is 180 Å². The molecule has 0 aromatic heterocycles. The van der Waals surface area contributed by atoms with Gasteiger partial charge in [-0.3, -0.25) is 4.55 Å². The fourth-order valence-corrected chi connectivity index (χ4v) is 6.32. The molecule has 1 N–H and O–H groups in total. The van der Waals surface area contributed by atoms with Crippen molar-refractivity contribution < 1.29 is 22.5 Å². The monoisotopic (exact) mass is 682 g/mol. The van der Waals surface area contributed by atoms with Gasteiger partial charge >= 0.3 is 5.97 Å². The van der Waals surface area contributed by atoms with Gasteiger partial charge in [-0.05, 0) is 97.6 Å². The molecular formula is C15H9I3O5S. The normalized spacial score (nSPS) is 11.7. The number of benzene rings is 2. The van der Waals surface area contributed by atoms with Gasteiger partial charge in [-0.15, -0.1) is 0 Å². The largest absolute Gasteiger partial charge is 0.423 e. The number of rotatable bonds is 4. The second-order valence-corrected chi connectivity index (χ2v) is 9.31. The summed E-state index contributed by atoms with van der Waals surface area (Å²) in [6.45, 7) is 0. The van der Waals surface area contributed by atoms with E-state index in [1.54, 1.807) is 51.3 Å². The molecule has 0 spiro atoms. The number of halogens is 3. The zero-order valence-corrected chi connectivity index (χ0v) is 19.0. The van der Waals surface area contributed by atoms with Crippen molar-refractivity contribution in [3.63, 3.8) is 0 Å². The van der Waals surface area contributed by atoms with Crippen LogP contribution in [0.25, 0.3) is 6.08 Å². The van der Waals surface area contributed by atoms with E-state index >= 15 is 0 Å². The molecule has 0 aliphatic heterocycles. The summed E-state index contributed by atoms with van der Waals surface area (Å²) in [5.74, 6) is -0.380. The van der Waals surface area contributed by atoms with Gasteiger partial charge in [0.25, 0.3) is 10.1 Å². The van der Waals surface area contributed by atoms with E-state index in [9.17, 15) is 17.8 Å². The van der Waals surface area contributed by atoms with Crippen molar-refractivity contribution in [3.05, 3.63) is 58.7 Å². The minimum absolute atomic E-state index is 0.196. The van der Waals surface area contributed by atoms with E-state index < -0.39 is 16.1 Å². The van der Waals surface area contributed by atoms with E-state index in [1.165, 1.54) is 18.2 Å². The van der Waals surface area contributed by atoms with Crippen LogP contribution in [0.1, 0.15) is 5.56 Å². The summed E-state index contributed by atoms with van der Waals surface area (Å²) >= 11 is 5.69. The van der Waals surface area contributed by atoms with Crippen LogP contribution in [0.5, 0.6) is 5.75 Å². The number of esters is 1. The maximum absolute atomic E-state index is 11.9. The van der Waals surface area contributed by atoms with E-state index in [1.807, 2.05) is 24.3 Å². The van der Waals surface area contributed by atoms with Gasteiger partial charge < -0.3 is 4.74 Å². The predicted molar refractivity (Wildman–Crippen MR) is 116 cm³/mol. The summed E-state index contributed by atoms with van der Waals surface area (Å²) in [5, 5.41) is 0. The molecule has 0 fully saturated rings. The third kappa shape index (κ3) is 5.37. The van der Waals surface area contributed by atoms with E-state index in [-0.39, 0.29) is 17.8 Å². The van der Waals surface area contributed by atoms with Crippen LogP contribution < -0.4 is 4.74 Å². The molecule has 0 amide bonds. The molecule has 0 heterocycles. The molecule has 0 radical (unpaired) electrons. The molecule has 2 rings (SSSR count). The van der Waals surface area contributed by atoms with Gasteiger partial charge in [-0.2, -0.15) is 8.42 Å². The molecule has 0 saturated heterocycles. The van der Waals surface area contributed by atoms with E-state index in [2.05, 4.69) is 22.6 Å². The molecule has 0 aliphatic rings. The van der Waals surface area contributed by atoms with E-state index in [4.69, 9.17) is 4.74 Å². The highest BCUT2D eigenvalue weighted by atomic mass is 127. The van der Waals surface area contributed by atoms with Gasteiger partial charge in [0.15, 0.2) is 0 Å². The third-order valence-electron chi connectivity index (χ3n) is 2.75. The summed E-state index contributed by atoms with van der Waals surface area (Å²) < 4.78 is 38.6. The Bertz CT molecular complexity index is 899. The van der Waals surface area contributed by atoms with Crippen LogP contribution in [0.4, 0.5) is 0 Å². The molecule has 0 unspecified atom stereocenters. The third-order valence-corrected chi connectivity index (χ3v) is 7.12. The number of carbonyl (C=O) groups is 1. The molecule has 0 saturated carbocycles. The summed E-state index contributed by atoms with van der Waals surface area (Å²) in [4.78, 5) is 11.7. The first-order valence-electron chi connectivity index (χ1n) is 6.29.